The Bertz CT molecular complexity index is 578. The third kappa shape index (κ3) is 2.83. The van der Waals surface area contributed by atoms with Crippen LogP contribution < -0.4 is 10.5 Å². The first-order chi connectivity index (χ1) is 8.60. The van der Waals surface area contributed by atoms with Crippen LogP contribution in [0.2, 0.25) is 0 Å². The van der Waals surface area contributed by atoms with Gasteiger partial charge in [0, 0.05) is 12.1 Å². The van der Waals surface area contributed by atoms with Crippen molar-refractivity contribution in [3.05, 3.63) is 52.1 Å². The van der Waals surface area contributed by atoms with Gasteiger partial charge in [0.05, 0.1) is 10.7 Å². The van der Waals surface area contributed by atoms with Crippen molar-refractivity contribution < 1.29 is 13.5 Å². The maximum Gasteiger partial charge on any atom is 0.223 e. The number of nitrogens with two attached hydrogens (primary N) is 1. The van der Waals surface area contributed by atoms with Crippen molar-refractivity contribution in [2.45, 2.75) is 6.54 Å². The van der Waals surface area contributed by atoms with Crippen LogP contribution in [0.25, 0.3) is 0 Å². The molecule has 3 nitrogen and oxygen atoms in total. The number of benzene rings is 1. The predicted molar refractivity (Wildman–Crippen MR) is 66.3 cm³/mol. The molecule has 0 bridgehead atoms. The lowest BCUT2D eigenvalue weighted by Gasteiger charge is -2.09. The van der Waals surface area contributed by atoms with Crippen LogP contribution in [0, 0.1) is 11.6 Å². The Morgan fingerprint density at radius 3 is 2.72 bits per heavy atom. The number of hydrogen-bond donors (Lipinski definition) is 1. The minimum absolute atomic E-state index is 0.0997. The van der Waals surface area contributed by atoms with Crippen molar-refractivity contribution in [2.24, 2.45) is 5.73 Å². The Morgan fingerprint density at radius 2 is 2.06 bits per heavy atom. The number of hydrogen-bond acceptors (Lipinski definition) is 3. The Kier molecular flexibility index (Phi) is 3.88. The van der Waals surface area contributed by atoms with E-state index in [1.165, 1.54) is 24.3 Å². The van der Waals surface area contributed by atoms with Crippen LogP contribution in [0.1, 0.15) is 5.56 Å². The molecule has 0 spiro atoms. The Morgan fingerprint density at radius 1 is 1.28 bits per heavy atom. The fraction of sp³-hybridized carbons (Fsp3) is 0.0833. The molecule has 0 fully saturated rings. The molecule has 0 radical (unpaired) electrons. The van der Waals surface area contributed by atoms with E-state index in [4.69, 9.17) is 10.5 Å². The van der Waals surface area contributed by atoms with E-state index in [0.717, 1.165) is 6.20 Å². The number of aromatic nitrogens is 1. The van der Waals surface area contributed by atoms with Gasteiger partial charge >= 0.3 is 0 Å². The first-order valence-electron chi connectivity index (χ1n) is 5.07. The van der Waals surface area contributed by atoms with Gasteiger partial charge < -0.3 is 10.5 Å². The molecule has 0 amide bonds. The molecular weight excluding hydrogens is 306 g/mol. The molecule has 2 rings (SSSR count). The second kappa shape index (κ2) is 5.41. The van der Waals surface area contributed by atoms with Crippen molar-refractivity contribution in [1.29, 1.82) is 0 Å². The molecule has 18 heavy (non-hydrogen) atoms. The molecule has 0 saturated carbocycles. The molecule has 0 atom stereocenters. The summed E-state index contributed by atoms with van der Waals surface area (Å²) >= 11 is 3.05. The smallest absolute Gasteiger partial charge is 0.223 e. The van der Waals surface area contributed by atoms with Crippen LogP contribution in [0.3, 0.4) is 0 Å². The van der Waals surface area contributed by atoms with Crippen molar-refractivity contribution in [2.75, 3.05) is 0 Å². The molecule has 0 saturated heterocycles. The van der Waals surface area contributed by atoms with E-state index in [0.29, 0.717) is 11.3 Å². The molecule has 94 valence electrons. The molecule has 0 unspecified atom stereocenters. The summed E-state index contributed by atoms with van der Waals surface area (Å²) in [5.74, 6) is -0.286. The van der Waals surface area contributed by atoms with Crippen molar-refractivity contribution >= 4 is 15.9 Å². The summed E-state index contributed by atoms with van der Waals surface area (Å²) in [6.45, 7) is 0.0997. The summed E-state index contributed by atoms with van der Waals surface area (Å²) < 4.78 is 31.7. The molecule has 0 aliphatic carbocycles. The highest BCUT2D eigenvalue weighted by Gasteiger charge is 2.08. The maximum atomic E-state index is 13.0. The third-order valence-electron chi connectivity index (χ3n) is 2.22. The van der Waals surface area contributed by atoms with E-state index in [2.05, 4.69) is 20.9 Å². The van der Waals surface area contributed by atoms with Gasteiger partial charge in [-0.05, 0) is 40.2 Å². The number of halogens is 3. The molecule has 2 aromatic rings. The number of pyridine rings is 1. The zero-order valence-electron chi connectivity index (χ0n) is 9.16. The van der Waals surface area contributed by atoms with Crippen molar-refractivity contribution in [3.8, 4) is 11.6 Å². The van der Waals surface area contributed by atoms with E-state index in [-0.39, 0.29) is 16.9 Å². The average molecular weight is 315 g/mol. The van der Waals surface area contributed by atoms with Crippen molar-refractivity contribution in [3.63, 3.8) is 0 Å². The van der Waals surface area contributed by atoms with Crippen LogP contribution >= 0.6 is 15.9 Å². The zero-order valence-corrected chi connectivity index (χ0v) is 10.7. The van der Waals surface area contributed by atoms with E-state index in [1.54, 1.807) is 0 Å². The topological polar surface area (TPSA) is 48.1 Å². The fourth-order valence-electron chi connectivity index (χ4n) is 1.36. The van der Waals surface area contributed by atoms with E-state index < -0.39 is 11.6 Å². The second-order valence-electron chi connectivity index (χ2n) is 3.50. The van der Waals surface area contributed by atoms with Gasteiger partial charge in [-0.1, -0.05) is 0 Å². The number of ether oxygens (including phenoxy) is 1. The van der Waals surface area contributed by atoms with Gasteiger partial charge in [-0.3, -0.25) is 0 Å². The summed E-state index contributed by atoms with van der Waals surface area (Å²) in [6, 6.07) is 5.41. The van der Waals surface area contributed by atoms with Crippen LogP contribution in [0.5, 0.6) is 11.6 Å². The molecule has 6 heteroatoms. The van der Waals surface area contributed by atoms with Gasteiger partial charge in [-0.15, -0.1) is 0 Å². The molecule has 0 aliphatic rings. The SMILES string of the molecule is NCc1cc(F)cnc1Oc1ccc(F)c(Br)c1. The molecule has 1 aromatic heterocycles. The molecule has 2 N–H and O–H groups in total. The highest BCUT2D eigenvalue weighted by atomic mass is 79.9. The van der Waals surface area contributed by atoms with Crippen LogP contribution in [-0.2, 0) is 6.54 Å². The molecular formula is C12H9BrF2N2O. The predicted octanol–water partition coefficient (Wildman–Crippen LogP) is 3.37. The quantitative estimate of drug-likeness (QED) is 0.945. The monoisotopic (exact) mass is 314 g/mol. The third-order valence-corrected chi connectivity index (χ3v) is 2.83. The highest BCUT2D eigenvalue weighted by Crippen LogP contribution is 2.27. The molecule has 1 heterocycles. The molecule has 1 aromatic carbocycles. The Labute approximate surface area is 111 Å². The lowest BCUT2D eigenvalue weighted by atomic mass is 10.2. The van der Waals surface area contributed by atoms with Crippen LogP contribution in [-0.4, -0.2) is 4.98 Å². The maximum absolute atomic E-state index is 13.0. The van der Waals surface area contributed by atoms with Gasteiger partial charge in [0.15, 0.2) is 0 Å². The lowest BCUT2D eigenvalue weighted by Crippen LogP contribution is -2.02. The van der Waals surface area contributed by atoms with E-state index in [1.807, 2.05) is 0 Å². The van der Waals surface area contributed by atoms with Crippen molar-refractivity contribution in [1.82, 2.24) is 4.98 Å². The van der Waals surface area contributed by atoms with E-state index in [9.17, 15) is 8.78 Å². The Balaban J connectivity index is 2.30. The summed E-state index contributed by atoms with van der Waals surface area (Å²) in [5, 5.41) is 0. The van der Waals surface area contributed by atoms with Crippen LogP contribution in [0.15, 0.2) is 34.9 Å². The van der Waals surface area contributed by atoms with E-state index >= 15 is 0 Å². The summed E-state index contributed by atoms with van der Waals surface area (Å²) in [4.78, 5) is 3.81. The molecule has 0 aliphatic heterocycles. The first kappa shape index (κ1) is 12.9. The second-order valence-corrected chi connectivity index (χ2v) is 4.35. The lowest BCUT2D eigenvalue weighted by molar-refractivity contribution is 0.450. The van der Waals surface area contributed by atoms with Gasteiger partial charge in [0.2, 0.25) is 5.88 Å². The fourth-order valence-corrected chi connectivity index (χ4v) is 1.72. The minimum Gasteiger partial charge on any atom is -0.439 e. The average Bonchev–Trinajstić information content (AvgIpc) is 2.36. The summed E-state index contributed by atoms with van der Waals surface area (Å²) in [7, 11) is 0. The normalized spacial score (nSPS) is 10.4. The summed E-state index contributed by atoms with van der Waals surface area (Å²) in [6.07, 6.45) is 1.03. The standard InChI is InChI=1S/C12H9BrF2N2O/c13-10-4-9(1-2-11(10)15)18-12-7(5-16)3-8(14)6-17-12/h1-4,6H,5,16H2. The highest BCUT2D eigenvalue weighted by molar-refractivity contribution is 9.10. The van der Waals surface area contributed by atoms with Gasteiger partial charge in [0.25, 0.3) is 0 Å². The van der Waals surface area contributed by atoms with Gasteiger partial charge in [-0.25, -0.2) is 13.8 Å². The number of rotatable bonds is 3. The minimum atomic E-state index is -0.483. The number of nitrogens with zero attached hydrogens (tertiary/aromatic N) is 1. The summed E-state index contributed by atoms with van der Waals surface area (Å²) in [5.41, 5.74) is 5.91. The zero-order chi connectivity index (χ0) is 13.1. The first-order valence-corrected chi connectivity index (χ1v) is 5.87. The largest absolute Gasteiger partial charge is 0.439 e. The van der Waals surface area contributed by atoms with Crippen LogP contribution in [0.4, 0.5) is 8.78 Å². The van der Waals surface area contributed by atoms with Gasteiger partial charge in [0.1, 0.15) is 17.4 Å². The Hall–Kier alpha value is -1.53. The van der Waals surface area contributed by atoms with Gasteiger partial charge in [-0.2, -0.15) is 0 Å².